The molecule has 1 rings (SSSR count). The summed E-state index contributed by atoms with van der Waals surface area (Å²) >= 11 is 0. The van der Waals surface area contributed by atoms with E-state index in [0.717, 1.165) is 56.9 Å². The third-order valence-corrected chi connectivity index (χ3v) is 8.67. The molecule has 0 saturated heterocycles. The molecule has 39 heavy (non-hydrogen) atoms. The molecule has 3 N–H and O–H groups in total. The van der Waals surface area contributed by atoms with Crippen LogP contribution in [0.25, 0.3) is 0 Å². The van der Waals surface area contributed by atoms with Crippen molar-refractivity contribution in [1.29, 1.82) is 0 Å². The van der Waals surface area contributed by atoms with Gasteiger partial charge in [0.15, 0.2) is 0 Å². The first-order valence-corrected chi connectivity index (χ1v) is 17.0. The van der Waals surface area contributed by atoms with Crippen LogP contribution in [0.15, 0.2) is 69.9 Å². The molecular formula is C30H50O7P2. The zero-order valence-corrected chi connectivity index (χ0v) is 26.3. The average molecular weight is 585 g/mol. The molecule has 0 aliphatic heterocycles. The van der Waals surface area contributed by atoms with Gasteiger partial charge in [-0.3, -0.25) is 4.52 Å². The van der Waals surface area contributed by atoms with Gasteiger partial charge in [0.2, 0.25) is 0 Å². The first-order valence-electron chi connectivity index (χ1n) is 14.0. The Kier molecular flexibility index (Phi) is 17.3. The summed E-state index contributed by atoms with van der Waals surface area (Å²) in [7, 11) is -9.88. The molecule has 1 atom stereocenters. The van der Waals surface area contributed by atoms with Crippen molar-refractivity contribution in [3.05, 3.63) is 69.9 Å². The van der Waals surface area contributed by atoms with Gasteiger partial charge in [-0.2, -0.15) is 4.31 Å². The van der Waals surface area contributed by atoms with E-state index >= 15 is 0 Å². The van der Waals surface area contributed by atoms with Crippen LogP contribution in [0.3, 0.4) is 0 Å². The highest BCUT2D eigenvalue weighted by molar-refractivity contribution is 7.60. The third-order valence-electron chi connectivity index (χ3n) is 6.52. The number of allylic oxidation sites excluding steroid dienone is 11. The lowest BCUT2D eigenvalue weighted by molar-refractivity contribution is 0.191. The fourth-order valence-corrected chi connectivity index (χ4v) is 5.43. The van der Waals surface area contributed by atoms with Crippen LogP contribution in [0, 0.1) is 0 Å². The summed E-state index contributed by atoms with van der Waals surface area (Å²) in [6.45, 7) is 10.4. The van der Waals surface area contributed by atoms with Gasteiger partial charge in [0, 0.05) is 0 Å². The fraction of sp³-hybridized carbons (Fsp3) is 0.600. The minimum Gasteiger partial charge on any atom is -0.302 e. The van der Waals surface area contributed by atoms with E-state index in [1.54, 1.807) is 11.6 Å². The third kappa shape index (κ3) is 22.1. The van der Waals surface area contributed by atoms with E-state index in [1.807, 2.05) is 6.92 Å². The van der Waals surface area contributed by atoms with Crippen LogP contribution in [0.2, 0.25) is 0 Å². The number of rotatable bonds is 20. The minimum atomic E-state index is -5.09. The van der Waals surface area contributed by atoms with Crippen LogP contribution >= 0.6 is 15.6 Å². The number of hydrogen-bond donors (Lipinski definition) is 3. The predicted octanol–water partition coefficient (Wildman–Crippen LogP) is 9.57. The standard InChI is InChI=1S/C30H50O7P2/c1-25(11-6-12-26(2)15-8-16-28(4)19-10-20-30-21-22-30)13-7-14-27(3)17-9-18-29(5)23-24-36-39(34,35)37-38(31,32)33/h12-13,16-17,20,23H,6-11,14-15,18-19,21-22,24H2,1-5H3,(H,34,35)(H2,31,32,33)/b25-13+,26-12+,27-17+,28-16+,29-23+. The van der Waals surface area contributed by atoms with Crippen LogP contribution in [-0.2, 0) is 18.0 Å². The molecule has 1 fully saturated rings. The molecule has 0 aromatic rings. The smallest absolute Gasteiger partial charge is 0.302 e. The fourth-order valence-electron chi connectivity index (χ4n) is 3.91. The summed E-state index contributed by atoms with van der Waals surface area (Å²) in [5, 5.41) is 0. The van der Waals surface area contributed by atoms with E-state index in [4.69, 9.17) is 9.79 Å². The van der Waals surface area contributed by atoms with Gasteiger partial charge < -0.3 is 14.7 Å². The Bertz CT molecular complexity index is 1040. The summed E-state index contributed by atoms with van der Waals surface area (Å²) in [6, 6.07) is 0. The Morgan fingerprint density at radius 3 is 1.36 bits per heavy atom. The summed E-state index contributed by atoms with van der Waals surface area (Å²) in [4.78, 5) is 26.4. The lowest BCUT2D eigenvalue weighted by Gasteiger charge is -2.11. The second-order valence-corrected chi connectivity index (χ2v) is 13.5. The molecule has 1 aliphatic carbocycles. The van der Waals surface area contributed by atoms with Crippen molar-refractivity contribution in [1.82, 2.24) is 0 Å². The van der Waals surface area contributed by atoms with E-state index in [-0.39, 0.29) is 6.61 Å². The maximum Gasteiger partial charge on any atom is 0.481 e. The first kappa shape index (κ1) is 35.7. The Balaban J connectivity index is 2.21. The van der Waals surface area contributed by atoms with Crippen molar-refractivity contribution in [2.24, 2.45) is 0 Å². The molecule has 0 heterocycles. The molecule has 0 aromatic heterocycles. The summed E-state index contributed by atoms with van der Waals surface area (Å²) in [6.07, 6.45) is 26.4. The number of hydrogen-bond acceptors (Lipinski definition) is 4. The van der Waals surface area contributed by atoms with Crippen LogP contribution < -0.4 is 0 Å². The van der Waals surface area contributed by atoms with Crippen LogP contribution in [-0.4, -0.2) is 21.3 Å². The Morgan fingerprint density at radius 2 is 1.00 bits per heavy atom. The number of phosphoric acid groups is 2. The average Bonchev–Trinajstić information content (AvgIpc) is 3.61. The Labute approximate surface area is 236 Å². The van der Waals surface area contributed by atoms with Gasteiger partial charge in [0.1, 0.15) is 0 Å². The minimum absolute atomic E-state index is 0.267. The summed E-state index contributed by atoms with van der Waals surface area (Å²) in [5.74, 6) is 0. The molecule has 0 aromatic carbocycles. The Morgan fingerprint density at radius 1 is 0.641 bits per heavy atom. The topological polar surface area (TPSA) is 113 Å². The lowest BCUT2D eigenvalue weighted by Crippen LogP contribution is -1.94. The second-order valence-electron chi connectivity index (χ2n) is 10.6. The second kappa shape index (κ2) is 18.9. The lowest BCUT2D eigenvalue weighted by atomic mass is 10.0. The molecule has 0 radical (unpaired) electrons. The van der Waals surface area contributed by atoms with E-state index in [1.165, 1.54) is 48.0 Å². The van der Waals surface area contributed by atoms with Gasteiger partial charge in [-0.1, -0.05) is 69.9 Å². The molecule has 1 saturated carbocycles. The molecule has 0 bridgehead atoms. The molecule has 0 amide bonds. The van der Waals surface area contributed by atoms with Crippen LogP contribution in [0.4, 0.5) is 0 Å². The van der Waals surface area contributed by atoms with Crippen molar-refractivity contribution in [2.45, 2.75) is 112 Å². The van der Waals surface area contributed by atoms with E-state index < -0.39 is 15.6 Å². The maximum absolute atomic E-state index is 11.4. The zero-order valence-electron chi connectivity index (χ0n) is 24.5. The Hall–Kier alpha value is -1.30. The van der Waals surface area contributed by atoms with Crippen LogP contribution in [0.1, 0.15) is 112 Å². The maximum atomic E-state index is 11.4. The quantitative estimate of drug-likeness (QED) is 0.0964. The molecule has 1 aliphatic rings. The SMILES string of the molecule is C/C(=C\CC/C(C)=C/CC/C(C)=C/CC/C(C)=C/CC/C(C)=C/COP(=O)(O)OP(=O)(O)O)CCC=C1CC1. The molecular weight excluding hydrogens is 534 g/mol. The van der Waals surface area contributed by atoms with Crippen molar-refractivity contribution >= 4 is 15.6 Å². The van der Waals surface area contributed by atoms with Crippen molar-refractivity contribution in [2.75, 3.05) is 6.61 Å². The largest absolute Gasteiger partial charge is 0.481 e. The monoisotopic (exact) mass is 584 g/mol. The highest BCUT2D eigenvalue weighted by Crippen LogP contribution is 2.57. The van der Waals surface area contributed by atoms with Crippen molar-refractivity contribution in [3.8, 4) is 0 Å². The first-order chi connectivity index (χ1) is 18.3. The molecule has 7 nitrogen and oxygen atoms in total. The van der Waals surface area contributed by atoms with Gasteiger partial charge in [0.05, 0.1) is 6.61 Å². The highest BCUT2D eigenvalue weighted by atomic mass is 31.3. The van der Waals surface area contributed by atoms with E-state index in [9.17, 15) is 14.0 Å². The van der Waals surface area contributed by atoms with Crippen molar-refractivity contribution in [3.63, 3.8) is 0 Å². The summed E-state index contributed by atoms with van der Waals surface area (Å²) < 4.78 is 30.4. The zero-order chi connectivity index (χ0) is 29.3. The van der Waals surface area contributed by atoms with E-state index in [0.29, 0.717) is 0 Å². The predicted molar refractivity (Wildman–Crippen MR) is 161 cm³/mol. The molecule has 1 unspecified atom stereocenters. The normalized spacial score (nSPS) is 17.4. The van der Waals surface area contributed by atoms with Gasteiger partial charge in [-0.05, 0) is 112 Å². The van der Waals surface area contributed by atoms with E-state index in [2.05, 4.69) is 66.9 Å². The van der Waals surface area contributed by atoms with Crippen LogP contribution in [0.5, 0.6) is 0 Å². The van der Waals surface area contributed by atoms with Gasteiger partial charge in [-0.25, -0.2) is 9.13 Å². The van der Waals surface area contributed by atoms with Gasteiger partial charge in [0.25, 0.3) is 0 Å². The van der Waals surface area contributed by atoms with Gasteiger partial charge >= 0.3 is 15.6 Å². The molecule has 222 valence electrons. The van der Waals surface area contributed by atoms with Gasteiger partial charge in [-0.15, -0.1) is 0 Å². The van der Waals surface area contributed by atoms with Crippen molar-refractivity contribution < 1.29 is 32.6 Å². The highest BCUT2D eigenvalue weighted by Gasteiger charge is 2.31. The summed E-state index contributed by atoms with van der Waals surface area (Å²) in [5.41, 5.74) is 8.31. The molecule has 0 spiro atoms. The number of phosphoric ester groups is 1. The molecule has 9 heteroatoms.